The first kappa shape index (κ1) is 13.6. The van der Waals surface area contributed by atoms with E-state index in [1.54, 1.807) is 12.1 Å². The van der Waals surface area contributed by atoms with E-state index in [-0.39, 0.29) is 5.02 Å². The minimum atomic E-state index is -0.424. The van der Waals surface area contributed by atoms with Gasteiger partial charge < -0.3 is 5.32 Å². The summed E-state index contributed by atoms with van der Waals surface area (Å²) >= 11 is 11.9. The Morgan fingerprint density at radius 1 is 1.20 bits per heavy atom. The first-order valence-corrected chi connectivity index (χ1v) is 7.12. The molecule has 6 heteroatoms. The van der Waals surface area contributed by atoms with Gasteiger partial charge in [0.25, 0.3) is 0 Å². The topological polar surface area (TPSA) is 37.8 Å². The van der Waals surface area contributed by atoms with E-state index >= 15 is 0 Å². The van der Waals surface area contributed by atoms with Gasteiger partial charge in [0, 0.05) is 12.1 Å². The summed E-state index contributed by atoms with van der Waals surface area (Å²) in [7, 11) is 0. The molecule has 0 atom stereocenters. The summed E-state index contributed by atoms with van der Waals surface area (Å²) in [6.07, 6.45) is 2.96. The molecule has 1 aromatic heterocycles. The van der Waals surface area contributed by atoms with Crippen LogP contribution in [0.2, 0.25) is 10.2 Å². The van der Waals surface area contributed by atoms with Gasteiger partial charge in [-0.1, -0.05) is 29.3 Å². The van der Waals surface area contributed by atoms with E-state index < -0.39 is 5.82 Å². The van der Waals surface area contributed by atoms with Crippen LogP contribution in [-0.4, -0.2) is 9.97 Å². The molecular formula is C14H12Cl2FN3. The SMILES string of the molecule is Fc1ccc(CNc2nc(Cl)c3c(n2)CCC3)cc1Cl. The van der Waals surface area contributed by atoms with Crippen molar-refractivity contribution in [3.8, 4) is 0 Å². The number of nitrogens with one attached hydrogen (secondary N) is 1. The highest BCUT2D eigenvalue weighted by Crippen LogP contribution is 2.27. The maximum absolute atomic E-state index is 13.1. The lowest BCUT2D eigenvalue weighted by molar-refractivity contribution is 0.627. The molecule has 0 amide bonds. The van der Waals surface area contributed by atoms with Gasteiger partial charge in [-0.2, -0.15) is 0 Å². The van der Waals surface area contributed by atoms with Gasteiger partial charge in [0.1, 0.15) is 11.0 Å². The summed E-state index contributed by atoms with van der Waals surface area (Å²) in [5.41, 5.74) is 2.93. The van der Waals surface area contributed by atoms with Crippen molar-refractivity contribution in [3.05, 3.63) is 51.0 Å². The monoisotopic (exact) mass is 311 g/mol. The Hall–Kier alpha value is -1.39. The van der Waals surface area contributed by atoms with Crippen molar-refractivity contribution in [3.63, 3.8) is 0 Å². The Kier molecular flexibility index (Phi) is 3.76. The van der Waals surface area contributed by atoms with Crippen LogP contribution in [0.25, 0.3) is 0 Å². The molecule has 1 aromatic carbocycles. The minimum absolute atomic E-state index is 0.109. The molecular weight excluding hydrogens is 300 g/mol. The molecule has 2 aromatic rings. The lowest BCUT2D eigenvalue weighted by Gasteiger charge is -2.08. The van der Waals surface area contributed by atoms with Crippen LogP contribution in [0, 0.1) is 5.82 Å². The van der Waals surface area contributed by atoms with E-state index in [2.05, 4.69) is 15.3 Å². The fraction of sp³-hybridized carbons (Fsp3) is 0.286. The summed E-state index contributed by atoms with van der Waals surface area (Å²) in [6.45, 7) is 0.467. The van der Waals surface area contributed by atoms with Crippen molar-refractivity contribution in [2.45, 2.75) is 25.8 Å². The molecule has 0 radical (unpaired) electrons. The van der Waals surface area contributed by atoms with Gasteiger partial charge in [0.05, 0.1) is 10.7 Å². The molecule has 1 aliphatic carbocycles. The molecule has 0 bridgehead atoms. The highest BCUT2D eigenvalue weighted by molar-refractivity contribution is 6.30. The highest BCUT2D eigenvalue weighted by atomic mass is 35.5. The number of fused-ring (bicyclic) bond motifs is 1. The van der Waals surface area contributed by atoms with Crippen LogP contribution in [0.5, 0.6) is 0 Å². The lowest BCUT2D eigenvalue weighted by Crippen LogP contribution is -2.06. The van der Waals surface area contributed by atoms with Gasteiger partial charge in [-0.15, -0.1) is 0 Å². The van der Waals surface area contributed by atoms with E-state index in [4.69, 9.17) is 23.2 Å². The van der Waals surface area contributed by atoms with Crippen molar-refractivity contribution < 1.29 is 4.39 Å². The molecule has 3 nitrogen and oxygen atoms in total. The maximum Gasteiger partial charge on any atom is 0.224 e. The Labute approximate surface area is 126 Å². The molecule has 0 fully saturated rings. The number of nitrogens with zero attached hydrogens (tertiary/aromatic N) is 2. The molecule has 104 valence electrons. The van der Waals surface area contributed by atoms with Crippen molar-refractivity contribution >= 4 is 29.2 Å². The van der Waals surface area contributed by atoms with Gasteiger partial charge in [-0.05, 0) is 37.0 Å². The third-order valence-electron chi connectivity index (χ3n) is 3.32. The second-order valence-electron chi connectivity index (χ2n) is 4.72. The fourth-order valence-electron chi connectivity index (χ4n) is 2.30. The average molecular weight is 312 g/mol. The van der Waals surface area contributed by atoms with Gasteiger partial charge in [0.15, 0.2) is 0 Å². The quantitative estimate of drug-likeness (QED) is 0.870. The van der Waals surface area contributed by atoms with Gasteiger partial charge >= 0.3 is 0 Å². The molecule has 0 unspecified atom stereocenters. The number of benzene rings is 1. The number of aromatic nitrogens is 2. The Balaban J connectivity index is 1.75. The molecule has 0 aliphatic heterocycles. The minimum Gasteiger partial charge on any atom is -0.350 e. The number of rotatable bonds is 3. The second-order valence-corrected chi connectivity index (χ2v) is 5.48. The van der Waals surface area contributed by atoms with Crippen molar-refractivity contribution in [2.75, 3.05) is 5.32 Å². The smallest absolute Gasteiger partial charge is 0.224 e. The molecule has 0 saturated carbocycles. The Bertz CT molecular complexity index is 661. The standard InChI is InChI=1S/C14H12Cl2FN3/c15-10-6-8(4-5-11(10)17)7-18-14-19-12-3-1-2-9(12)13(16)20-14/h4-6H,1-3,7H2,(H,18,19,20). The summed E-state index contributed by atoms with van der Waals surface area (Å²) < 4.78 is 13.1. The van der Waals surface area contributed by atoms with E-state index in [1.807, 2.05) is 0 Å². The van der Waals surface area contributed by atoms with Gasteiger partial charge in [0.2, 0.25) is 5.95 Å². The first-order chi connectivity index (χ1) is 9.63. The number of anilines is 1. The predicted octanol–water partition coefficient (Wildman–Crippen LogP) is 4.02. The summed E-state index contributed by atoms with van der Waals surface area (Å²) in [5.74, 6) is 0.0725. The zero-order chi connectivity index (χ0) is 14.1. The van der Waals surface area contributed by atoms with E-state index in [0.29, 0.717) is 17.6 Å². The number of halogens is 3. The van der Waals surface area contributed by atoms with Crippen LogP contribution >= 0.6 is 23.2 Å². The average Bonchev–Trinajstić information content (AvgIpc) is 2.89. The fourth-order valence-corrected chi connectivity index (χ4v) is 2.78. The van der Waals surface area contributed by atoms with E-state index in [0.717, 1.165) is 36.1 Å². The van der Waals surface area contributed by atoms with Crippen molar-refractivity contribution in [1.82, 2.24) is 9.97 Å². The number of aryl methyl sites for hydroxylation is 1. The maximum atomic E-state index is 13.1. The zero-order valence-corrected chi connectivity index (χ0v) is 12.1. The van der Waals surface area contributed by atoms with Crippen LogP contribution in [0.3, 0.4) is 0 Å². The van der Waals surface area contributed by atoms with E-state index in [9.17, 15) is 4.39 Å². The van der Waals surface area contributed by atoms with E-state index in [1.165, 1.54) is 6.07 Å². The van der Waals surface area contributed by atoms with Crippen LogP contribution in [-0.2, 0) is 19.4 Å². The van der Waals surface area contributed by atoms with Crippen LogP contribution in [0.15, 0.2) is 18.2 Å². The number of hydrogen-bond donors (Lipinski definition) is 1. The molecule has 1 heterocycles. The molecule has 1 aliphatic rings. The third-order valence-corrected chi connectivity index (χ3v) is 3.92. The second kappa shape index (κ2) is 5.54. The van der Waals surface area contributed by atoms with Crippen LogP contribution < -0.4 is 5.32 Å². The van der Waals surface area contributed by atoms with Crippen molar-refractivity contribution in [2.24, 2.45) is 0 Å². The lowest BCUT2D eigenvalue weighted by atomic mass is 10.2. The zero-order valence-electron chi connectivity index (χ0n) is 10.6. The third kappa shape index (κ3) is 2.72. The largest absolute Gasteiger partial charge is 0.350 e. The highest BCUT2D eigenvalue weighted by Gasteiger charge is 2.18. The molecule has 20 heavy (non-hydrogen) atoms. The van der Waals surface area contributed by atoms with Crippen molar-refractivity contribution in [1.29, 1.82) is 0 Å². The van der Waals surface area contributed by atoms with Gasteiger partial charge in [-0.25, -0.2) is 14.4 Å². The summed E-state index contributed by atoms with van der Waals surface area (Å²) in [5, 5.41) is 3.72. The Morgan fingerprint density at radius 3 is 2.85 bits per heavy atom. The van der Waals surface area contributed by atoms with Crippen LogP contribution in [0.1, 0.15) is 23.2 Å². The Morgan fingerprint density at radius 2 is 2.05 bits per heavy atom. The molecule has 3 rings (SSSR count). The summed E-state index contributed by atoms with van der Waals surface area (Å²) in [4.78, 5) is 8.69. The molecule has 0 saturated heterocycles. The molecule has 0 spiro atoms. The normalized spacial score (nSPS) is 13.3. The molecule has 1 N–H and O–H groups in total. The predicted molar refractivity (Wildman–Crippen MR) is 77.8 cm³/mol. The van der Waals surface area contributed by atoms with Gasteiger partial charge in [-0.3, -0.25) is 0 Å². The summed E-state index contributed by atoms with van der Waals surface area (Å²) in [6, 6.07) is 4.60. The first-order valence-electron chi connectivity index (χ1n) is 6.36. The van der Waals surface area contributed by atoms with Crippen LogP contribution in [0.4, 0.5) is 10.3 Å². The number of hydrogen-bond acceptors (Lipinski definition) is 3.